The van der Waals surface area contributed by atoms with Crippen molar-refractivity contribution < 1.29 is 4.74 Å². The molecule has 3 rings (SSSR count). The molecule has 0 fully saturated rings. The number of rotatable bonds is 3. The number of thioether (sulfide) groups is 1. The van der Waals surface area contributed by atoms with Crippen molar-refractivity contribution in [1.29, 1.82) is 0 Å². The van der Waals surface area contributed by atoms with Crippen LogP contribution >= 0.6 is 11.8 Å². The summed E-state index contributed by atoms with van der Waals surface area (Å²) in [5.74, 6) is 1.26. The maximum Gasteiger partial charge on any atom is 0.223 e. The summed E-state index contributed by atoms with van der Waals surface area (Å²) in [7, 11) is 0. The smallest absolute Gasteiger partial charge is 0.223 e. The predicted octanol–water partition coefficient (Wildman–Crippen LogP) is 3.73. The number of nitrogen functional groups attached to an aromatic ring is 1. The van der Waals surface area contributed by atoms with E-state index in [-0.39, 0.29) is 0 Å². The van der Waals surface area contributed by atoms with Crippen LogP contribution in [0.4, 0.5) is 5.69 Å². The Morgan fingerprint density at radius 3 is 2.65 bits per heavy atom. The normalized spacial score (nSPS) is 10.7. The molecule has 0 spiro atoms. The van der Waals surface area contributed by atoms with Crippen molar-refractivity contribution in [2.75, 3.05) is 12.0 Å². The van der Waals surface area contributed by atoms with Crippen LogP contribution in [0, 0.1) is 0 Å². The van der Waals surface area contributed by atoms with Gasteiger partial charge in [-0.05, 0) is 18.4 Å². The lowest BCUT2D eigenvalue weighted by molar-refractivity contribution is 0.460. The summed E-state index contributed by atoms with van der Waals surface area (Å²) in [5, 5.41) is 2.63. The second kappa shape index (κ2) is 5.38. The summed E-state index contributed by atoms with van der Waals surface area (Å²) in [6.45, 7) is 0. The number of nitrogens with two attached hydrogens (primary N) is 1. The highest BCUT2D eigenvalue weighted by Crippen LogP contribution is 2.32. The molecule has 0 aliphatic carbocycles. The van der Waals surface area contributed by atoms with Crippen LogP contribution in [-0.2, 0) is 0 Å². The molecular weight excluding hydrogens is 270 g/mol. The Morgan fingerprint density at radius 1 is 1.05 bits per heavy atom. The average Bonchev–Trinajstić information content (AvgIpc) is 2.51. The number of hydrogen-bond acceptors (Lipinski definition) is 5. The maximum absolute atomic E-state index is 5.98. The van der Waals surface area contributed by atoms with E-state index in [1.165, 1.54) is 11.8 Å². The van der Waals surface area contributed by atoms with Crippen LogP contribution < -0.4 is 10.5 Å². The van der Waals surface area contributed by atoms with Crippen molar-refractivity contribution in [3.05, 3.63) is 48.7 Å². The molecule has 0 atom stereocenters. The van der Waals surface area contributed by atoms with Crippen molar-refractivity contribution in [3.63, 3.8) is 0 Å². The molecule has 0 amide bonds. The Labute approximate surface area is 121 Å². The van der Waals surface area contributed by atoms with E-state index in [1.54, 1.807) is 12.3 Å². The molecule has 1 heterocycles. The monoisotopic (exact) mass is 283 g/mol. The van der Waals surface area contributed by atoms with Gasteiger partial charge in [0.25, 0.3) is 0 Å². The fraction of sp³-hybridized carbons (Fsp3) is 0.0667. The first-order valence-electron chi connectivity index (χ1n) is 6.10. The minimum atomic E-state index is 0.527. The van der Waals surface area contributed by atoms with Gasteiger partial charge < -0.3 is 10.5 Å². The SMILES string of the molecule is CSc1nccc(Oc2ccc(N)c3ccccc23)n1. The second-order valence-corrected chi connectivity index (χ2v) is 4.96. The molecule has 2 N–H and O–H groups in total. The van der Waals surface area contributed by atoms with Gasteiger partial charge in [-0.1, -0.05) is 36.0 Å². The highest BCUT2D eigenvalue weighted by molar-refractivity contribution is 7.98. The zero-order valence-electron chi connectivity index (χ0n) is 10.9. The Kier molecular flexibility index (Phi) is 3.43. The average molecular weight is 283 g/mol. The van der Waals surface area contributed by atoms with Gasteiger partial charge in [0, 0.05) is 28.7 Å². The molecule has 4 nitrogen and oxygen atoms in total. The summed E-state index contributed by atoms with van der Waals surface area (Å²) in [4.78, 5) is 8.44. The standard InChI is InChI=1S/C15H13N3OS/c1-20-15-17-9-8-14(18-15)19-13-7-6-12(16)10-4-2-3-5-11(10)13/h2-9H,16H2,1H3. The zero-order chi connectivity index (χ0) is 13.9. The number of ether oxygens (including phenoxy) is 1. The lowest BCUT2D eigenvalue weighted by Crippen LogP contribution is -1.93. The number of benzene rings is 2. The predicted molar refractivity (Wildman–Crippen MR) is 82.2 cm³/mol. The van der Waals surface area contributed by atoms with Gasteiger partial charge in [-0.25, -0.2) is 4.98 Å². The Balaban J connectivity index is 2.04. The van der Waals surface area contributed by atoms with Crippen molar-refractivity contribution in [2.24, 2.45) is 0 Å². The minimum absolute atomic E-state index is 0.527. The number of aromatic nitrogens is 2. The Hall–Kier alpha value is -2.27. The summed E-state index contributed by atoms with van der Waals surface area (Å²) in [6, 6.07) is 13.3. The summed E-state index contributed by atoms with van der Waals surface area (Å²) in [5.41, 5.74) is 6.72. The fourth-order valence-corrected chi connectivity index (χ4v) is 2.32. The topological polar surface area (TPSA) is 61.0 Å². The molecule has 20 heavy (non-hydrogen) atoms. The van der Waals surface area contributed by atoms with Crippen molar-refractivity contribution in [2.45, 2.75) is 5.16 Å². The Morgan fingerprint density at radius 2 is 1.85 bits per heavy atom. The second-order valence-electron chi connectivity index (χ2n) is 4.18. The van der Waals surface area contributed by atoms with E-state index in [9.17, 15) is 0 Å². The maximum atomic E-state index is 5.98. The lowest BCUT2D eigenvalue weighted by atomic mass is 10.1. The summed E-state index contributed by atoms with van der Waals surface area (Å²) >= 11 is 1.48. The molecule has 100 valence electrons. The molecular formula is C15H13N3OS. The van der Waals surface area contributed by atoms with Crippen LogP contribution in [0.15, 0.2) is 53.8 Å². The van der Waals surface area contributed by atoms with Gasteiger partial charge in [-0.15, -0.1) is 0 Å². The van der Waals surface area contributed by atoms with E-state index in [2.05, 4.69) is 9.97 Å². The molecule has 0 bridgehead atoms. The van der Waals surface area contributed by atoms with Gasteiger partial charge in [0.1, 0.15) is 5.75 Å². The third-order valence-electron chi connectivity index (χ3n) is 2.92. The van der Waals surface area contributed by atoms with Gasteiger partial charge in [0.15, 0.2) is 5.16 Å². The van der Waals surface area contributed by atoms with Gasteiger partial charge in [0.05, 0.1) is 0 Å². The molecule has 5 heteroatoms. The highest BCUT2D eigenvalue weighted by Gasteiger charge is 2.07. The van der Waals surface area contributed by atoms with Gasteiger partial charge in [-0.3, -0.25) is 0 Å². The first-order valence-corrected chi connectivity index (χ1v) is 7.32. The van der Waals surface area contributed by atoms with Crippen molar-refractivity contribution in [3.8, 4) is 11.6 Å². The third kappa shape index (κ3) is 2.40. The van der Waals surface area contributed by atoms with Crippen LogP contribution in [-0.4, -0.2) is 16.2 Å². The third-order valence-corrected chi connectivity index (χ3v) is 3.48. The van der Waals surface area contributed by atoms with Gasteiger partial charge >= 0.3 is 0 Å². The molecule has 1 aromatic heterocycles. The largest absolute Gasteiger partial charge is 0.438 e. The molecule has 0 aliphatic rings. The Bertz CT molecular complexity index is 761. The molecule has 2 aromatic carbocycles. The molecule has 0 radical (unpaired) electrons. The van der Waals surface area contributed by atoms with Crippen LogP contribution in [0.5, 0.6) is 11.6 Å². The fourth-order valence-electron chi connectivity index (χ4n) is 1.98. The van der Waals surface area contributed by atoms with Gasteiger partial charge in [0.2, 0.25) is 5.88 Å². The van der Waals surface area contributed by atoms with Crippen molar-refractivity contribution in [1.82, 2.24) is 9.97 Å². The zero-order valence-corrected chi connectivity index (χ0v) is 11.7. The van der Waals surface area contributed by atoms with E-state index in [0.717, 1.165) is 22.2 Å². The number of anilines is 1. The van der Waals surface area contributed by atoms with E-state index in [0.29, 0.717) is 11.0 Å². The van der Waals surface area contributed by atoms with E-state index in [1.807, 2.05) is 42.7 Å². The van der Waals surface area contributed by atoms with Crippen LogP contribution in [0.1, 0.15) is 0 Å². The van der Waals surface area contributed by atoms with Crippen LogP contribution in [0.25, 0.3) is 10.8 Å². The number of fused-ring (bicyclic) bond motifs is 1. The van der Waals surface area contributed by atoms with E-state index >= 15 is 0 Å². The molecule has 3 aromatic rings. The first kappa shape index (κ1) is 12.7. The minimum Gasteiger partial charge on any atom is -0.438 e. The molecule has 0 aliphatic heterocycles. The first-order chi connectivity index (χ1) is 9.78. The lowest BCUT2D eigenvalue weighted by Gasteiger charge is -2.10. The summed E-state index contributed by atoms with van der Waals surface area (Å²) < 4.78 is 5.87. The van der Waals surface area contributed by atoms with Crippen LogP contribution in [0.2, 0.25) is 0 Å². The molecule has 0 unspecified atom stereocenters. The van der Waals surface area contributed by atoms with Crippen molar-refractivity contribution >= 4 is 28.2 Å². The number of nitrogens with zero attached hydrogens (tertiary/aromatic N) is 2. The quantitative estimate of drug-likeness (QED) is 0.451. The molecule has 0 saturated heterocycles. The number of hydrogen-bond donors (Lipinski definition) is 1. The van der Waals surface area contributed by atoms with Crippen LogP contribution in [0.3, 0.4) is 0 Å². The van der Waals surface area contributed by atoms with E-state index in [4.69, 9.17) is 10.5 Å². The summed E-state index contributed by atoms with van der Waals surface area (Å²) in [6.07, 6.45) is 3.62. The highest BCUT2D eigenvalue weighted by atomic mass is 32.2. The van der Waals surface area contributed by atoms with E-state index < -0.39 is 0 Å². The van der Waals surface area contributed by atoms with Gasteiger partial charge in [-0.2, -0.15) is 4.98 Å². The molecule has 0 saturated carbocycles.